The highest BCUT2D eigenvalue weighted by Gasteiger charge is 2.28. The Bertz CT molecular complexity index is 1380. The van der Waals surface area contributed by atoms with Crippen LogP contribution in [0, 0.1) is 0 Å². The van der Waals surface area contributed by atoms with E-state index < -0.39 is 0 Å². The number of halogens is 1. The predicted molar refractivity (Wildman–Crippen MR) is 128 cm³/mol. The van der Waals surface area contributed by atoms with Crippen molar-refractivity contribution in [2.75, 3.05) is 13.7 Å². The van der Waals surface area contributed by atoms with Crippen molar-refractivity contribution in [3.8, 4) is 11.5 Å². The third-order valence-electron chi connectivity index (χ3n) is 5.54. The molecule has 0 bridgehead atoms. The molecule has 5 rings (SSSR count). The highest BCUT2D eigenvalue weighted by atomic mass is 35.5. The van der Waals surface area contributed by atoms with Crippen molar-refractivity contribution >= 4 is 39.6 Å². The molecule has 1 aromatic heterocycles. The van der Waals surface area contributed by atoms with Crippen LogP contribution in [0.25, 0.3) is 22.0 Å². The van der Waals surface area contributed by atoms with Gasteiger partial charge in [0.2, 0.25) is 0 Å². The molecule has 6 heteroatoms. The maximum Gasteiger partial charge on any atom is 0.339 e. The van der Waals surface area contributed by atoms with Crippen molar-refractivity contribution in [3.63, 3.8) is 0 Å². The fourth-order valence-corrected chi connectivity index (χ4v) is 4.13. The minimum Gasteiger partial charge on any atom is -0.497 e. The summed E-state index contributed by atoms with van der Waals surface area (Å²) < 4.78 is 16.5. The Morgan fingerprint density at radius 3 is 2.55 bits per heavy atom. The third-order valence-corrected chi connectivity index (χ3v) is 5.85. The fraction of sp³-hybridized carbons (Fsp3) is 0.111. The summed E-state index contributed by atoms with van der Waals surface area (Å²) in [6, 6.07) is 24.7. The van der Waals surface area contributed by atoms with Gasteiger partial charge in [0, 0.05) is 16.5 Å². The molecule has 0 radical (unpaired) electrons. The van der Waals surface area contributed by atoms with Gasteiger partial charge in [-0.1, -0.05) is 48.0 Å². The Labute approximate surface area is 196 Å². The molecular formula is C27H20ClNO4. The maximum absolute atomic E-state index is 12.5. The zero-order valence-electron chi connectivity index (χ0n) is 17.9. The Balaban J connectivity index is 1.39. The average Bonchev–Trinajstić information content (AvgIpc) is 3.23. The Hall–Kier alpha value is -3.83. The second-order valence-corrected chi connectivity index (χ2v) is 7.99. The number of pyridine rings is 1. The van der Waals surface area contributed by atoms with E-state index in [0.29, 0.717) is 28.7 Å². The fourth-order valence-electron chi connectivity index (χ4n) is 3.84. The first-order valence-corrected chi connectivity index (χ1v) is 10.8. The average molecular weight is 458 g/mol. The lowest BCUT2D eigenvalue weighted by atomic mass is 9.96. The SMILES string of the molecule is COc1ccc(C2=C(c3ccc(OCc4ccc5ccccc5n4)cc3Cl)COC2=O)cc1. The van der Waals surface area contributed by atoms with Crippen LogP contribution >= 0.6 is 11.6 Å². The Morgan fingerprint density at radius 1 is 0.970 bits per heavy atom. The maximum atomic E-state index is 12.5. The number of hydrogen-bond donors (Lipinski definition) is 0. The van der Waals surface area contributed by atoms with Crippen molar-refractivity contribution < 1.29 is 19.0 Å². The minimum atomic E-state index is -0.367. The molecule has 3 aromatic carbocycles. The summed E-state index contributed by atoms with van der Waals surface area (Å²) in [5.74, 6) is 0.970. The number of esters is 1. The van der Waals surface area contributed by atoms with E-state index in [-0.39, 0.29) is 12.6 Å². The third kappa shape index (κ3) is 4.28. The van der Waals surface area contributed by atoms with Gasteiger partial charge in [0.1, 0.15) is 24.7 Å². The molecule has 0 fully saturated rings. The van der Waals surface area contributed by atoms with Gasteiger partial charge >= 0.3 is 5.97 Å². The van der Waals surface area contributed by atoms with Gasteiger partial charge in [-0.25, -0.2) is 9.78 Å². The van der Waals surface area contributed by atoms with E-state index >= 15 is 0 Å². The van der Waals surface area contributed by atoms with Crippen molar-refractivity contribution in [1.29, 1.82) is 0 Å². The molecule has 33 heavy (non-hydrogen) atoms. The van der Waals surface area contributed by atoms with E-state index in [1.807, 2.05) is 72.8 Å². The number of carbonyl (C=O) groups is 1. The second kappa shape index (κ2) is 8.96. The van der Waals surface area contributed by atoms with E-state index in [1.54, 1.807) is 13.2 Å². The number of aromatic nitrogens is 1. The summed E-state index contributed by atoms with van der Waals surface area (Å²) in [6.07, 6.45) is 0. The molecule has 0 spiro atoms. The summed E-state index contributed by atoms with van der Waals surface area (Å²) in [7, 11) is 1.60. The first-order chi connectivity index (χ1) is 16.1. The van der Waals surface area contributed by atoms with Gasteiger partial charge in [0.05, 0.1) is 28.9 Å². The van der Waals surface area contributed by atoms with Gasteiger partial charge in [-0.2, -0.15) is 0 Å². The number of cyclic esters (lactones) is 1. The van der Waals surface area contributed by atoms with Crippen LogP contribution < -0.4 is 9.47 Å². The zero-order chi connectivity index (χ0) is 22.8. The number of benzene rings is 3. The molecule has 1 aliphatic heterocycles. The lowest BCUT2D eigenvalue weighted by Crippen LogP contribution is -1.99. The summed E-state index contributed by atoms with van der Waals surface area (Å²) >= 11 is 6.60. The Morgan fingerprint density at radius 2 is 1.76 bits per heavy atom. The molecule has 0 atom stereocenters. The van der Waals surface area contributed by atoms with Crippen LogP contribution in [-0.4, -0.2) is 24.7 Å². The van der Waals surface area contributed by atoms with Gasteiger partial charge in [-0.3, -0.25) is 0 Å². The number of fused-ring (bicyclic) bond motifs is 1. The van der Waals surface area contributed by atoms with Crippen LogP contribution in [0.4, 0.5) is 0 Å². The van der Waals surface area contributed by atoms with Crippen molar-refractivity contribution in [2.45, 2.75) is 6.61 Å². The lowest BCUT2D eigenvalue weighted by Gasteiger charge is -2.11. The lowest BCUT2D eigenvalue weighted by molar-refractivity contribution is -0.133. The van der Waals surface area contributed by atoms with Gasteiger partial charge in [-0.15, -0.1) is 0 Å². The van der Waals surface area contributed by atoms with Gasteiger partial charge in [-0.05, 0) is 48.0 Å². The summed E-state index contributed by atoms with van der Waals surface area (Å²) in [6.45, 7) is 0.489. The molecule has 0 N–H and O–H groups in total. The highest BCUT2D eigenvalue weighted by Crippen LogP contribution is 2.37. The molecule has 0 saturated carbocycles. The quantitative estimate of drug-likeness (QED) is 0.335. The number of carbonyl (C=O) groups excluding carboxylic acids is 1. The van der Waals surface area contributed by atoms with E-state index in [0.717, 1.165) is 33.3 Å². The zero-order valence-corrected chi connectivity index (χ0v) is 18.6. The van der Waals surface area contributed by atoms with Crippen molar-refractivity contribution in [3.05, 3.63) is 101 Å². The number of rotatable bonds is 6. The van der Waals surface area contributed by atoms with Crippen molar-refractivity contribution in [1.82, 2.24) is 4.98 Å². The first kappa shape index (κ1) is 21.0. The topological polar surface area (TPSA) is 57.6 Å². The molecule has 0 saturated heterocycles. The highest BCUT2D eigenvalue weighted by molar-refractivity contribution is 6.35. The first-order valence-electron chi connectivity index (χ1n) is 10.4. The number of methoxy groups -OCH3 is 1. The van der Waals surface area contributed by atoms with Crippen LogP contribution in [0.2, 0.25) is 5.02 Å². The minimum absolute atomic E-state index is 0.168. The van der Waals surface area contributed by atoms with E-state index in [1.165, 1.54) is 0 Å². The van der Waals surface area contributed by atoms with Crippen molar-refractivity contribution in [2.24, 2.45) is 0 Å². The summed E-state index contributed by atoms with van der Waals surface area (Å²) in [5, 5.41) is 1.57. The molecule has 2 heterocycles. The van der Waals surface area contributed by atoms with E-state index in [4.69, 9.17) is 25.8 Å². The molecule has 0 amide bonds. The number of ether oxygens (including phenoxy) is 3. The molecular weight excluding hydrogens is 438 g/mol. The largest absolute Gasteiger partial charge is 0.497 e. The van der Waals surface area contributed by atoms with Crippen LogP contribution in [0.15, 0.2) is 78.9 Å². The summed E-state index contributed by atoms with van der Waals surface area (Å²) in [5.41, 5.74) is 4.51. The second-order valence-electron chi connectivity index (χ2n) is 7.58. The van der Waals surface area contributed by atoms with Gasteiger partial charge < -0.3 is 14.2 Å². The van der Waals surface area contributed by atoms with E-state index in [9.17, 15) is 4.79 Å². The number of para-hydroxylation sites is 1. The Kier molecular flexibility index (Phi) is 5.71. The normalized spacial score (nSPS) is 13.3. The van der Waals surface area contributed by atoms with Gasteiger partial charge in [0.25, 0.3) is 0 Å². The predicted octanol–water partition coefficient (Wildman–Crippen LogP) is 5.94. The standard InChI is InChI=1S/C27H20ClNO4/c1-31-20-10-7-18(8-11-20)26-23(16-33-27(26)30)22-13-12-21(14-24(22)28)32-15-19-9-6-17-4-2-3-5-25(17)29-19/h2-14H,15-16H2,1H3. The van der Waals surface area contributed by atoms with Crippen LogP contribution in [0.3, 0.4) is 0 Å². The van der Waals surface area contributed by atoms with Crippen LogP contribution in [0.1, 0.15) is 16.8 Å². The van der Waals surface area contributed by atoms with Crippen LogP contribution in [0.5, 0.6) is 11.5 Å². The number of nitrogens with zero attached hydrogens (tertiary/aromatic N) is 1. The smallest absolute Gasteiger partial charge is 0.339 e. The monoisotopic (exact) mass is 457 g/mol. The molecule has 4 aromatic rings. The van der Waals surface area contributed by atoms with Crippen LogP contribution in [-0.2, 0) is 16.1 Å². The van der Waals surface area contributed by atoms with Gasteiger partial charge in [0.15, 0.2) is 0 Å². The molecule has 0 unspecified atom stereocenters. The molecule has 5 nitrogen and oxygen atoms in total. The molecule has 0 aliphatic carbocycles. The summed E-state index contributed by atoms with van der Waals surface area (Å²) in [4.78, 5) is 17.1. The molecule has 164 valence electrons. The number of hydrogen-bond acceptors (Lipinski definition) is 5. The van der Waals surface area contributed by atoms with E-state index in [2.05, 4.69) is 4.98 Å². The molecule has 1 aliphatic rings.